The predicted octanol–water partition coefficient (Wildman–Crippen LogP) is 1.59. The van der Waals surface area contributed by atoms with E-state index in [4.69, 9.17) is 4.74 Å². The van der Waals surface area contributed by atoms with Crippen LogP contribution in [0.25, 0.3) is 0 Å². The van der Waals surface area contributed by atoms with Crippen molar-refractivity contribution in [3.8, 4) is 5.75 Å². The lowest BCUT2D eigenvalue weighted by Crippen LogP contribution is -2.57. The molecule has 6 heteroatoms. The third-order valence-corrected chi connectivity index (χ3v) is 3.98. The Kier molecular flexibility index (Phi) is 3.16. The zero-order valence-corrected chi connectivity index (χ0v) is 11.7. The van der Waals surface area contributed by atoms with Crippen LogP contribution in [0.3, 0.4) is 0 Å². The Morgan fingerprint density at radius 2 is 2.35 bits per heavy atom. The number of amides is 1. The number of carboxylic acid groups (broad SMARTS) is 1. The average Bonchev–Trinajstić information content (AvgIpc) is 2.76. The number of carbonyl (C=O) groups is 1. The molecule has 0 unspecified atom stereocenters. The first-order valence-electron chi connectivity index (χ1n) is 6.98. The molecule has 2 aliphatic heterocycles. The van der Waals surface area contributed by atoms with Crippen molar-refractivity contribution < 1.29 is 14.6 Å². The van der Waals surface area contributed by atoms with Crippen LogP contribution in [0.4, 0.5) is 10.6 Å². The van der Waals surface area contributed by atoms with Crippen LogP contribution in [-0.2, 0) is 6.42 Å². The standard InChI is InChI=1S/C14H19N3O3/c1-3-20-12-5-10-4-11-8-16(14(18)19)7-9(2)17(11)13(10)15-6-12/h5-6,9,11H,3-4,7-8H2,1-2H3,(H,18,19)/t9-,11-/m1/s1. The Labute approximate surface area is 118 Å². The zero-order valence-electron chi connectivity index (χ0n) is 11.7. The molecule has 108 valence electrons. The number of hydrogen-bond donors (Lipinski definition) is 1. The maximum absolute atomic E-state index is 11.2. The van der Waals surface area contributed by atoms with Crippen LogP contribution in [0, 0.1) is 0 Å². The van der Waals surface area contributed by atoms with Gasteiger partial charge in [-0.25, -0.2) is 9.78 Å². The topological polar surface area (TPSA) is 65.9 Å². The molecular formula is C14H19N3O3. The van der Waals surface area contributed by atoms with Crippen LogP contribution in [0.15, 0.2) is 12.3 Å². The fourth-order valence-electron chi connectivity index (χ4n) is 3.25. The highest BCUT2D eigenvalue weighted by molar-refractivity contribution is 5.67. The molecule has 6 nitrogen and oxygen atoms in total. The molecule has 1 aromatic heterocycles. The van der Waals surface area contributed by atoms with Crippen molar-refractivity contribution in [1.82, 2.24) is 9.88 Å². The first kappa shape index (κ1) is 13.0. The van der Waals surface area contributed by atoms with Crippen LogP contribution in [0.5, 0.6) is 5.75 Å². The third kappa shape index (κ3) is 2.05. The SMILES string of the molecule is CCOc1cnc2c(c1)C[C@@H]1CN(C(=O)O)C[C@@H](C)N21. The first-order valence-corrected chi connectivity index (χ1v) is 6.98. The number of pyridine rings is 1. The number of fused-ring (bicyclic) bond motifs is 3. The van der Waals surface area contributed by atoms with Gasteiger partial charge in [0.2, 0.25) is 0 Å². The van der Waals surface area contributed by atoms with Gasteiger partial charge < -0.3 is 19.6 Å². The minimum absolute atomic E-state index is 0.150. The van der Waals surface area contributed by atoms with E-state index in [-0.39, 0.29) is 12.1 Å². The molecule has 0 saturated carbocycles. The summed E-state index contributed by atoms with van der Waals surface area (Å²) in [7, 11) is 0. The summed E-state index contributed by atoms with van der Waals surface area (Å²) in [5.41, 5.74) is 1.15. The van der Waals surface area contributed by atoms with Crippen LogP contribution in [0.2, 0.25) is 0 Å². The highest BCUT2D eigenvalue weighted by Gasteiger charge is 2.40. The Balaban J connectivity index is 1.87. The maximum Gasteiger partial charge on any atom is 0.407 e. The van der Waals surface area contributed by atoms with Gasteiger partial charge in [0.1, 0.15) is 11.6 Å². The Morgan fingerprint density at radius 1 is 1.55 bits per heavy atom. The Bertz CT molecular complexity index is 534. The van der Waals surface area contributed by atoms with Gasteiger partial charge in [-0.15, -0.1) is 0 Å². The predicted molar refractivity (Wildman–Crippen MR) is 74.4 cm³/mol. The fraction of sp³-hybridized carbons (Fsp3) is 0.571. The van der Waals surface area contributed by atoms with Crippen molar-refractivity contribution in [3.05, 3.63) is 17.8 Å². The van der Waals surface area contributed by atoms with Gasteiger partial charge in [-0.1, -0.05) is 0 Å². The van der Waals surface area contributed by atoms with Gasteiger partial charge in [-0.2, -0.15) is 0 Å². The quantitative estimate of drug-likeness (QED) is 0.889. The maximum atomic E-state index is 11.2. The summed E-state index contributed by atoms with van der Waals surface area (Å²) < 4.78 is 5.49. The van der Waals surface area contributed by atoms with Crippen molar-refractivity contribution in [2.75, 3.05) is 24.6 Å². The molecule has 1 N–H and O–H groups in total. The Morgan fingerprint density at radius 3 is 3.05 bits per heavy atom. The molecule has 3 rings (SSSR count). The normalized spacial score (nSPS) is 24.3. The average molecular weight is 277 g/mol. The van der Waals surface area contributed by atoms with Crippen molar-refractivity contribution in [2.45, 2.75) is 32.4 Å². The molecule has 0 bridgehead atoms. The van der Waals surface area contributed by atoms with E-state index in [9.17, 15) is 9.90 Å². The van der Waals surface area contributed by atoms with E-state index >= 15 is 0 Å². The summed E-state index contributed by atoms with van der Waals surface area (Å²) >= 11 is 0. The van der Waals surface area contributed by atoms with Gasteiger partial charge in [-0.05, 0) is 26.3 Å². The molecule has 0 spiro atoms. The molecule has 1 saturated heterocycles. The van der Waals surface area contributed by atoms with Gasteiger partial charge in [0.25, 0.3) is 0 Å². The second-order valence-electron chi connectivity index (χ2n) is 5.39. The van der Waals surface area contributed by atoms with E-state index in [0.717, 1.165) is 23.6 Å². The molecular weight excluding hydrogens is 258 g/mol. The summed E-state index contributed by atoms with van der Waals surface area (Å²) in [5, 5.41) is 9.18. The number of nitrogens with zero attached hydrogens (tertiary/aromatic N) is 3. The van der Waals surface area contributed by atoms with Crippen LogP contribution < -0.4 is 9.64 Å². The van der Waals surface area contributed by atoms with Crippen molar-refractivity contribution in [2.24, 2.45) is 0 Å². The molecule has 3 heterocycles. The van der Waals surface area contributed by atoms with Gasteiger partial charge >= 0.3 is 6.09 Å². The molecule has 0 aliphatic carbocycles. The highest BCUT2D eigenvalue weighted by Crippen LogP contribution is 2.36. The molecule has 1 aromatic rings. The van der Waals surface area contributed by atoms with Gasteiger partial charge in [0.15, 0.2) is 0 Å². The van der Waals surface area contributed by atoms with E-state index in [0.29, 0.717) is 19.7 Å². The van der Waals surface area contributed by atoms with E-state index in [1.54, 1.807) is 6.20 Å². The smallest absolute Gasteiger partial charge is 0.407 e. The summed E-state index contributed by atoms with van der Waals surface area (Å²) in [4.78, 5) is 19.4. The fourth-order valence-corrected chi connectivity index (χ4v) is 3.25. The lowest BCUT2D eigenvalue weighted by Gasteiger charge is -2.42. The lowest BCUT2D eigenvalue weighted by molar-refractivity contribution is 0.128. The number of piperazine rings is 1. The number of ether oxygens (including phenoxy) is 1. The van der Waals surface area contributed by atoms with E-state index in [1.807, 2.05) is 13.0 Å². The van der Waals surface area contributed by atoms with Gasteiger partial charge in [0, 0.05) is 24.7 Å². The largest absolute Gasteiger partial charge is 0.492 e. The van der Waals surface area contributed by atoms with E-state index in [1.165, 1.54) is 4.90 Å². The molecule has 1 amide bonds. The number of aromatic nitrogens is 1. The number of anilines is 1. The first-order chi connectivity index (χ1) is 9.60. The minimum Gasteiger partial charge on any atom is -0.492 e. The van der Waals surface area contributed by atoms with Crippen molar-refractivity contribution in [1.29, 1.82) is 0 Å². The summed E-state index contributed by atoms with van der Waals surface area (Å²) in [6.45, 7) is 5.69. The summed E-state index contributed by atoms with van der Waals surface area (Å²) in [6, 6.07) is 2.37. The molecule has 2 aliphatic rings. The summed E-state index contributed by atoms with van der Waals surface area (Å²) in [6.07, 6.45) is 1.74. The monoisotopic (exact) mass is 277 g/mol. The zero-order chi connectivity index (χ0) is 14.3. The van der Waals surface area contributed by atoms with E-state index in [2.05, 4.69) is 16.8 Å². The number of hydrogen-bond acceptors (Lipinski definition) is 4. The van der Waals surface area contributed by atoms with Gasteiger partial charge in [-0.3, -0.25) is 0 Å². The lowest BCUT2D eigenvalue weighted by atomic mass is 10.1. The molecule has 2 atom stereocenters. The summed E-state index contributed by atoms with van der Waals surface area (Å²) in [5.74, 6) is 1.77. The van der Waals surface area contributed by atoms with Crippen LogP contribution >= 0.6 is 0 Å². The molecule has 0 aromatic carbocycles. The minimum atomic E-state index is -0.838. The van der Waals surface area contributed by atoms with Crippen molar-refractivity contribution >= 4 is 11.9 Å². The third-order valence-electron chi connectivity index (χ3n) is 3.98. The molecule has 20 heavy (non-hydrogen) atoms. The van der Waals surface area contributed by atoms with E-state index < -0.39 is 6.09 Å². The van der Waals surface area contributed by atoms with Crippen LogP contribution in [-0.4, -0.2) is 52.9 Å². The second-order valence-corrected chi connectivity index (χ2v) is 5.39. The second kappa shape index (κ2) is 4.85. The Hall–Kier alpha value is -1.98. The van der Waals surface area contributed by atoms with Crippen LogP contribution in [0.1, 0.15) is 19.4 Å². The molecule has 0 radical (unpaired) electrons. The highest BCUT2D eigenvalue weighted by atomic mass is 16.5. The molecule has 1 fully saturated rings. The number of rotatable bonds is 2. The van der Waals surface area contributed by atoms with Crippen molar-refractivity contribution in [3.63, 3.8) is 0 Å². The van der Waals surface area contributed by atoms with Gasteiger partial charge in [0.05, 0.1) is 18.8 Å².